The van der Waals surface area contributed by atoms with Gasteiger partial charge >= 0.3 is 0 Å². The van der Waals surface area contributed by atoms with Crippen LogP contribution in [-0.4, -0.2) is 16.2 Å². The van der Waals surface area contributed by atoms with E-state index < -0.39 is 5.82 Å². The summed E-state index contributed by atoms with van der Waals surface area (Å²) in [5, 5.41) is 18.6. The molecule has 0 aliphatic heterocycles. The van der Waals surface area contributed by atoms with Crippen LogP contribution in [0.1, 0.15) is 22.6 Å². The maximum atomic E-state index is 13.2. The largest absolute Gasteiger partial charge is 0.409 e. The Hall–Kier alpha value is -2.41. The van der Waals surface area contributed by atoms with Gasteiger partial charge in [0, 0.05) is 24.7 Å². The van der Waals surface area contributed by atoms with Crippen molar-refractivity contribution >= 4 is 5.84 Å². The molecule has 0 atom stereocenters. The molecule has 106 valence electrons. The Morgan fingerprint density at radius 1 is 1.45 bits per heavy atom. The van der Waals surface area contributed by atoms with Gasteiger partial charge in [-0.3, -0.25) is 0 Å². The summed E-state index contributed by atoms with van der Waals surface area (Å²) in [6.07, 6.45) is 0. The van der Waals surface area contributed by atoms with Crippen LogP contribution in [-0.2, 0) is 13.1 Å². The highest BCUT2D eigenvalue weighted by Gasteiger charge is 2.09. The lowest BCUT2D eigenvalue weighted by Gasteiger charge is -2.09. The van der Waals surface area contributed by atoms with E-state index in [4.69, 9.17) is 15.5 Å². The van der Waals surface area contributed by atoms with Gasteiger partial charge in [-0.25, -0.2) is 4.39 Å². The smallest absolute Gasteiger partial charge is 0.170 e. The van der Waals surface area contributed by atoms with Crippen molar-refractivity contribution in [3.05, 3.63) is 52.7 Å². The Morgan fingerprint density at radius 3 is 2.90 bits per heavy atom. The van der Waals surface area contributed by atoms with Crippen LogP contribution in [0.2, 0.25) is 0 Å². The fourth-order valence-electron chi connectivity index (χ4n) is 1.82. The van der Waals surface area contributed by atoms with Gasteiger partial charge in [-0.05, 0) is 24.6 Å². The highest BCUT2D eigenvalue weighted by Crippen LogP contribution is 2.11. The van der Waals surface area contributed by atoms with Crippen molar-refractivity contribution in [2.75, 3.05) is 0 Å². The number of nitrogens with zero attached hydrogens (tertiary/aromatic N) is 2. The summed E-state index contributed by atoms with van der Waals surface area (Å²) in [7, 11) is 0. The van der Waals surface area contributed by atoms with Crippen LogP contribution >= 0.6 is 0 Å². The summed E-state index contributed by atoms with van der Waals surface area (Å²) in [6.45, 7) is 2.75. The lowest BCUT2D eigenvalue weighted by molar-refractivity contribution is 0.318. The van der Waals surface area contributed by atoms with Crippen molar-refractivity contribution in [1.82, 2.24) is 10.5 Å². The first-order valence-corrected chi connectivity index (χ1v) is 5.99. The van der Waals surface area contributed by atoms with Crippen molar-refractivity contribution in [3.63, 3.8) is 0 Å². The lowest BCUT2D eigenvalue weighted by atomic mass is 10.1. The second-order valence-corrected chi connectivity index (χ2v) is 4.32. The SMILES string of the molecule is Cc1cc(CNCc2ccc(F)cc2C(N)=NO)no1. The Morgan fingerprint density at radius 2 is 2.25 bits per heavy atom. The van der Waals surface area contributed by atoms with Crippen LogP contribution in [0.15, 0.2) is 33.9 Å². The Bertz CT molecular complexity index is 625. The topological polar surface area (TPSA) is 96.7 Å². The van der Waals surface area contributed by atoms with E-state index in [0.717, 1.165) is 17.0 Å². The minimum absolute atomic E-state index is 0.126. The number of amidine groups is 1. The minimum atomic E-state index is -0.442. The number of hydrogen-bond acceptors (Lipinski definition) is 5. The monoisotopic (exact) mass is 278 g/mol. The summed E-state index contributed by atoms with van der Waals surface area (Å²) >= 11 is 0. The summed E-state index contributed by atoms with van der Waals surface area (Å²) in [4.78, 5) is 0. The second-order valence-electron chi connectivity index (χ2n) is 4.32. The third-order valence-electron chi connectivity index (χ3n) is 2.75. The summed E-state index contributed by atoms with van der Waals surface area (Å²) in [6, 6.07) is 5.96. The number of nitrogens with two attached hydrogens (primary N) is 1. The number of aromatic nitrogens is 1. The van der Waals surface area contributed by atoms with E-state index in [1.54, 1.807) is 6.07 Å². The van der Waals surface area contributed by atoms with Gasteiger partial charge in [0.1, 0.15) is 11.6 Å². The fourth-order valence-corrected chi connectivity index (χ4v) is 1.82. The van der Waals surface area contributed by atoms with E-state index in [2.05, 4.69) is 15.6 Å². The third kappa shape index (κ3) is 3.33. The molecule has 7 heteroatoms. The first-order valence-electron chi connectivity index (χ1n) is 5.99. The molecule has 0 spiro atoms. The number of rotatable bonds is 5. The zero-order valence-corrected chi connectivity index (χ0v) is 10.9. The molecule has 4 N–H and O–H groups in total. The normalized spacial score (nSPS) is 11.8. The maximum absolute atomic E-state index is 13.2. The number of nitrogens with one attached hydrogen (secondary N) is 1. The first-order chi connectivity index (χ1) is 9.60. The molecular weight excluding hydrogens is 263 g/mol. The van der Waals surface area contributed by atoms with Crippen LogP contribution < -0.4 is 11.1 Å². The Balaban J connectivity index is 2.05. The van der Waals surface area contributed by atoms with Gasteiger partial charge in [0.05, 0.1) is 5.69 Å². The molecule has 0 fully saturated rings. The van der Waals surface area contributed by atoms with Gasteiger partial charge in [0.15, 0.2) is 5.84 Å². The second kappa shape index (κ2) is 6.16. The molecule has 0 aliphatic rings. The zero-order valence-electron chi connectivity index (χ0n) is 10.9. The first kappa shape index (κ1) is 14.0. The number of oxime groups is 1. The highest BCUT2D eigenvalue weighted by molar-refractivity contribution is 5.98. The molecule has 0 radical (unpaired) electrons. The predicted octanol–water partition coefficient (Wildman–Crippen LogP) is 1.51. The van der Waals surface area contributed by atoms with Crippen LogP contribution in [0.3, 0.4) is 0 Å². The number of benzene rings is 1. The Kier molecular flexibility index (Phi) is 4.31. The predicted molar refractivity (Wildman–Crippen MR) is 70.7 cm³/mol. The van der Waals surface area contributed by atoms with Gasteiger partial charge in [-0.15, -0.1) is 0 Å². The van der Waals surface area contributed by atoms with E-state index >= 15 is 0 Å². The molecular formula is C13H15FN4O2. The molecule has 0 saturated heterocycles. The molecule has 0 aliphatic carbocycles. The summed E-state index contributed by atoms with van der Waals surface area (Å²) in [5.74, 6) is 0.169. The van der Waals surface area contributed by atoms with Crippen molar-refractivity contribution in [2.45, 2.75) is 20.0 Å². The van der Waals surface area contributed by atoms with Crippen molar-refractivity contribution < 1.29 is 14.1 Å². The van der Waals surface area contributed by atoms with E-state index in [1.807, 2.05) is 13.0 Å². The maximum Gasteiger partial charge on any atom is 0.170 e. The van der Waals surface area contributed by atoms with E-state index in [-0.39, 0.29) is 5.84 Å². The molecule has 1 aromatic carbocycles. The average Bonchev–Trinajstić information content (AvgIpc) is 2.85. The molecule has 2 rings (SSSR count). The van der Waals surface area contributed by atoms with Crippen molar-refractivity contribution in [2.24, 2.45) is 10.9 Å². The quantitative estimate of drug-likeness (QED) is 0.333. The fraction of sp³-hybridized carbons (Fsp3) is 0.231. The summed E-state index contributed by atoms with van der Waals surface area (Å²) < 4.78 is 18.1. The highest BCUT2D eigenvalue weighted by atomic mass is 19.1. The van der Waals surface area contributed by atoms with Gasteiger partial charge in [0.2, 0.25) is 0 Å². The van der Waals surface area contributed by atoms with Crippen LogP contribution in [0.4, 0.5) is 4.39 Å². The van der Waals surface area contributed by atoms with E-state index in [0.29, 0.717) is 18.7 Å². The molecule has 20 heavy (non-hydrogen) atoms. The molecule has 0 saturated carbocycles. The molecule has 0 amide bonds. The standard InChI is InChI=1S/C13H15FN4O2/c1-8-4-11(18-20-8)7-16-6-9-2-3-10(14)5-12(9)13(15)17-19/h2-5,16,19H,6-7H2,1H3,(H2,15,17). The molecule has 2 aromatic rings. The van der Waals surface area contributed by atoms with Crippen LogP contribution in [0, 0.1) is 12.7 Å². The van der Waals surface area contributed by atoms with Crippen molar-refractivity contribution in [1.29, 1.82) is 0 Å². The van der Waals surface area contributed by atoms with Crippen LogP contribution in [0.25, 0.3) is 0 Å². The van der Waals surface area contributed by atoms with E-state index in [9.17, 15) is 4.39 Å². The van der Waals surface area contributed by atoms with Crippen LogP contribution in [0.5, 0.6) is 0 Å². The number of halogens is 1. The Labute approximate surface area is 115 Å². The average molecular weight is 278 g/mol. The van der Waals surface area contributed by atoms with Gasteiger partial charge < -0.3 is 20.8 Å². The number of hydrogen-bond donors (Lipinski definition) is 3. The molecule has 1 heterocycles. The van der Waals surface area contributed by atoms with E-state index in [1.165, 1.54) is 12.1 Å². The van der Waals surface area contributed by atoms with Gasteiger partial charge in [-0.2, -0.15) is 0 Å². The number of aryl methyl sites for hydroxylation is 1. The zero-order chi connectivity index (χ0) is 14.5. The van der Waals surface area contributed by atoms with Gasteiger partial charge in [-0.1, -0.05) is 16.4 Å². The molecule has 1 aromatic heterocycles. The van der Waals surface area contributed by atoms with Gasteiger partial charge in [0.25, 0.3) is 0 Å². The summed E-state index contributed by atoms with van der Waals surface area (Å²) in [5.41, 5.74) is 7.38. The lowest BCUT2D eigenvalue weighted by Crippen LogP contribution is -2.20. The molecule has 0 unspecified atom stereocenters. The molecule has 6 nitrogen and oxygen atoms in total. The minimum Gasteiger partial charge on any atom is -0.409 e. The van der Waals surface area contributed by atoms with Crippen molar-refractivity contribution in [3.8, 4) is 0 Å². The third-order valence-corrected chi connectivity index (χ3v) is 2.75. The molecule has 0 bridgehead atoms.